The van der Waals surface area contributed by atoms with Crippen molar-refractivity contribution in [2.24, 2.45) is 5.92 Å². The van der Waals surface area contributed by atoms with E-state index in [2.05, 4.69) is 6.07 Å². The molecule has 2 fully saturated rings. The molecule has 4 rings (SSSR count). The van der Waals surface area contributed by atoms with Crippen molar-refractivity contribution in [2.45, 2.75) is 51.5 Å². The standard InChI is InChI=1S/C23H28N4O3S/c1-15(2)27-23(20(28)12-17-10-11-26(14-17)31(3,29)30)21(18-8-9-18)22(25-27)19-6-4-16(13-24)5-7-19/h4-7,15,17-18H,8-12,14H2,1-3H3/t17-/m0/s1. The highest BCUT2D eigenvalue weighted by Gasteiger charge is 2.37. The first-order chi connectivity index (χ1) is 14.7. The summed E-state index contributed by atoms with van der Waals surface area (Å²) >= 11 is 0. The van der Waals surface area contributed by atoms with E-state index in [1.54, 1.807) is 12.1 Å². The number of benzene rings is 1. The molecule has 0 amide bonds. The van der Waals surface area contributed by atoms with Gasteiger partial charge in [-0.25, -0.2) is 12.7 Å². The number of sulfonamides is 1. The number of Topliss-reactive ketones (excluding diaryl/α,β-unsaturated/α-hetero) is 1. The van der Waals surface area contributed by atoms with Gasteiger partial charge in [0.2, 0.25) is 10.0 Å². The summed E-state index contributed by atoms with van der Waals surface area (Å²) in [6.07, 6.45) is 4.34. The van der Waals surface area contributed by atoms with E-state index in [0.29, 0.717) is 43.1 Å². The fourth-order valence-electron chi connectivity index (χ4n) is 4.40. The van der Waals surface area contributed by atoms with Gasteiger partial charge in [0.05, 0.1) is 23.6 Å². The average Bonchev–Trinajstić information content (AvgIpc) is 3.30. The minimum absolute atomic E-state index is 0.0275. The molecule has 164 valence electrons. The second kappa shape index (κ2) is 8.21. The molecule has 31 heavy (non-hydrogen) atoms. The molecule has 0 unspecified atom stereocenters. The summed E-state index contributed by atoms with van der Waals surface area (Å²) in [4.78, 5) is 13.5. The summed E-state index contributed by atoms with van der Waals surface area (Å²) in [6, 6.07) is 9.51. The number of hydrogen-bond donors (Lipinski definition) is 0. The van der Waals surface area contributed by atoms with Gasteiger partial charge in [-0.15, -0.1) is 0 Å². The van der Waals surface area contributed by atoms with Crippen LogP contribution in [0.5, 0.6) is 0 Å². The van der Waals surface area contributed by atoms with Crippen LogP contribution in [0.1, 0.15) is 73.1 Å². The zero-order valence-electron chi connectivity index (χ0n) is 18.2. The number of carbonyl (C=O) groups excluding carboxylic acids is 1. The van der Waals surface area contributed by atoms with Gasteiger partial charge in [0.1, 0.15) is 5.69 Å². The molecule has 2 aromatic rings. The first-order valence-electron chi connectivity index (χ1n) is 10.8. The highest BCUT2D eigenvalue weighted by molar-refractivity contribution is 7.88. The van der Waals surface area contributed by atoms with Crippen LogP contribution in [-0.2, 0) is 10.0 Å². The van der Waals surface area contributed by atoms with Crippen molar-refractivity contribution >= 4 is 15.8 Å². The maximum atomic E-state index is 13.5. The van der Waals surface area contributed by atoms with Gasteiger partial charge in [0, 0.05) is 36.7 Å². The monoisotopic (exact) mass is 440 g/mol. The van der Waals surface area contributed by atoms with Gasteiger partial charge in [0.15, 0.2) is 5.78 Å². The molecule has 0 N–H and O–H groups in total. The van der Waals surface area contributed by atoms with Crippen LogP contribution in [0.2, 0.25) is 0 Å². The molecule has 2 heterocycles. The van der Waals surface area contributed by atoms with Crippen molar-refractivity contribution in [3.8, 4) is 17.3 Å². The lowest BCUT2D eigenvalue weighted by Gasteiger charge is -2.15. The van der Waals surface area contributed by atoms with Crippen molar-refractivity contribution in [3.63, 3.8) is 0 Å². The molecule has 1 aliphatic carbocycles. The second-order valence-electron chi connectivity index (χ2n) is 9.02. The number of nitriles is 1. The summed E-state index contributed by atoms with van der Waals surface area (Å²) < 4.78 is 27.0. The van der Waals surface area contributed by atoms with Gasteiger partial charge in [-0.3, -0.25) is 9.48 Å². The Labute approximate surface area is 183 Å². The Hall–Kier alpha value is -2.50. The maximum Gasteiger partial charge on any atom is 0.211 e. The second-order valence-corrected chi connectivity index (χ2v) is 11.0. The summed E-state index contributed by atoms with van der Waals surface area (Å²) in [7, 11) is -3.23. The zero-order chi connectivity index (χ0) is 22.3. The van der Waals surface area contributed by atoms with Gasteiger partial charge in [0.25, 0.3) is 0 Å². The van der Waals surface area contributed by atoms with Gasteiger partial charge < -0.3 is 0 Å². The molecule has 1 saturated heterocycles. The molecule has 7 nitrogen and oxygen atoms in total. The molecular weight excluding hydrogens is 412 g/mol. The average molecular weight is 441 g/mol. The quantitative estimate of drug-likeness (QED) is 0.611. The van der Waals surface area contributed by atoms with Gasteiger partial charge in [-0.1, -0.05) is 12.1 Å². The van der Waals surface area contributed by atoms with Crippen LogP contribution in [0.25, 0.3) is 11.3 Å². The van der Waals surface area contributed by atoms with Crippen LogP contribution in [-0.4, -0.2) is 47.6 Å². The van der Waals surface area contributed by atoms with Crippen molar-refractivity contribution < 1.29 is 13.2 Å². The number of carbonyl (C=O) groups is 1. The Balaban J connectivity index is 1.69. The zero-order valence-corrected chi connectivity index (χ0v) is 19.0. The van der Waals surface area contributed by atoms with E-state index in [-0.39, 0.29) is 17.7 Å². The van der Waals surface area contributed by atoms with Crippen molar-refractivity contribution in [1.82, 2.24) is 14.1 Å². The highest BCUT2D eigenvalue weighted by Crippen LogP contribution is 2.47. The van der Waals surface area contributed by atoms with Crippen LogP contribution in [0.15, 0.2) is 24.3 Å². The van der Waals surface area contributed by atoms with Gasteiger partial charge in [-0.05, 0) is 57.1 Å². The lowest BCUT2D eigenvalue weighted by Crippen LogP contribution is -2.28. The Morgan fingerprint density at radius 1 is 1.23 bits per heavy atom. The Morgan fingerprint density at radius 2 is 1.90 bits per heavy atom. The third-order valence-electron chi connectivity index (χ3n) is 6.17. The lowest BCUT2D eigenvalue weighted by atomic mass is 9.94. The lowest BCUT2D eigenvalue weighted by molar-refractivity contribution is 0.0950. The molecule has 1 saturated carbocycles. The summed E-state index contributed by atoms with van der Waals surface area (Å²) in [5.41, 5.74) is 4.02. The van der Waals surface area contributed by atoms with Crippen LogP contribution in [0.4, 0.5) is 0 Å². The fourth-order valence-corrected chi connectivity index (χ4v) is 5.32. The highest BCUT2D eigenvalue weighted by atomic mass is 32.2. The normalized spacial score (nSPS) is 19.6. The molecule has 1 aliphatic heterocycles. The molecule has 0 radical (unpaired) electrons. The molecular formula is C23H28N4O3S. The third kappa shape index (κ3) is 4.43. The summed E-state index contributed by atoms with van der Waals surface area (Å²) in [6.45, 7) is 4.92. The number of hydrogen-bond acceptors (Lipinski definition) is 5. The van der Waals surface area contributed by atoms with Crippen LogP contribution in [0.3, 0.4) is 0 Å². The van der Waals surface area contributed by atoms with Crippen molar-refractivity contribution in [1.29, 1.82) is 5.26 Å². The van der Waals surface area contributed by atoms with Crippen molar-refractivity contribution in [3.05, 3.63) is 41.1 Å². The Bertz CT molecular complexity index is 1140. The SMILES string of the molecule is CC(C)n1nc(-c2ccc(C#N)cc2)c(C2CC2)c1C(=O)C[C@@H]1CCN(S(C)(=O)=O)C1. The van der Waals surface area contributed by atoms with Gasteiger partial charge in [-0.2, -0.15) is 10.4 Å². The van der Waals surface area contributed by atoms with E-state index >= 15 is 0 Å². The molecule has 0 bridgehead atoms. The first-order valence-corrected chi connectivity index (χ1v) is 12.6. The van der Waals surface area contributed by atoms with Crippen LogP contribution < -0.4 is 0 Å². The fraction of sp³-hybridized carbons (Fsp3) is 0.522. The smallest absolute Gasteiger partial charge is 0.211 e. The molecule has 2 aliphatic rings. The Morgan fingerprint density at radius 3 is 2.42 bits per heavy atom. The number of rotatable bonds is 7. The first kappa shape index (κ1) is 21.7. The predicted octanol–water partition coefficient (Wildman–Crippen LogP) is 3.73. The van der Waals surface area contributed by atoms with E-state index in [1.807, 2.05) is 30.7 Å². The Kier molecular flexibility index (Phi) is 5.75. The number of nitrogens with zero attached hydrogens (tertiary/aromatic N) is 4. The van der Waals surface area contributed by atoms with E-state index in [1.165, 1.54) is 10.6 Å². The van der Waals surface area contributed by atoms with E-state index in [0.717, 1.165) is 29.7 Å². The van der Waals surface area contributed by atoms with Crippen molar-refractivity contribution in [2.75, 3.05) is 19.3 Å². The number of aromatic nitrogens is 2. The molecule has 1 aromatic carbocycles. The summed E-state index contributed by atoms with van der Waals surface area (Å²) in [5, 5.41) is 13.9. The van der Waals surface area contributed by atoms with E-state index in [4.69, 9.17) is 10.4 Å². The van der Waals surface area contributed by atoms with Crippen LogP contribution >= 0.6 is 0 Å². The minimum atomic E-state index is -3.23. The molecule has 1 atom stereocenters. The number of ketones is 1. The summed E-state index contributed by atoms with van der Waals surface area (Å²) in [5.74, 6) is 0.402. The van der Waals surface area contributed by atoms with Crippen LogP contribution in [0, 0.1) is 17.2 Å². The predicted molar refractivity (Wildman–Crippen MR) is 118 cm³/mol. The van der Waals surface area contributed by atoms with Gasteiger partial charge >= 0.3 is 0 Å². The largest absolute Gasteiger partial charge is 0.292 e. The molecule has 1 aromatic heterocycles. The third-order valence-corrected chi connectivity index (χ3v) is 7.43. The maximum absolute atomic E-state index is 13.5. The molecule has 0 spiro atoms. The van der Waals surface area contributed by atoms with E-state index in [9.17, 15) is 13.2 Å². The van der Waals surface area contributed by atoms with E-state index < -0.39 is 10.0 Å². The minimum Gasteiger partial charge on any atom is -0.292 e. The molecule has 8 heteroatoms. The topological polar surface area (TPSA) is 96.1 Å².